The van der Waals surface area contributed by atoms with Crippen molar-refractivity contribution < 1.29 is 0 Å². The number of fused-ring (bicyclic) bond motifs is 11. The molecule has 1 aliphatic heterocycles. The molecule has 0 amide bonds. The summed E-state index contributed by atoms with van der Waals surface area (Å²) in [6, 6.07) is 34.0. The highest BCUT2D eigenvalue weighted by Gasteiger charge is 2.58. The summed E-state index contributed by atoms with van der Waals surface area (Å²) in [6.45, 7) is 0. The lowest BCUT2D eigenvalue weighted by atomic mass is 9.73. The zero-order valence-corrected chi connectivity index (χ0v) is 23.6. The van der Waals surface area contributed by atoms with Gasteiger partial charge in [-0.1, -0.05) is 97.1 Å². The number of nitrogens with zero attached hydrogens (tertiary/aromatic N) is 1. The van der Waals surface area contributed by atoms with Crippen molar-refractivity contribution in [1.82, 2.24) is 4.57 Å². The van der Waals surface area contributed by atoms with Crippen molar-refractivity contribution in [2.45, 2.75) is 40.7 Å². The van der Waals surface area contributed by atoms with E-state index in [4.69, 9.17) is 0 Å². The molecule has 5 aromatic rings. The normalized spacial score (nSPS) is 24.5. The van der Waals surface area contributed by atoms with Gasteiger partial charge in [-0.15, -0.1) is 11.8 Å². The van der Waals surface area contributed by atoms with E-state index in [1.54, 1.807) is 22.3 Å². The molecule has 3 unspecified atom stereocenters. The van der Waals surface area contributed by atoms with E-state index >= 15 is 0 Å². The first-order chi connectivity index (χ1) is 20.3. The predicted molar refractivity (Wildman–Crippen MR) is 172 cm³/mol. The molecule has 1 nitrogen and oxygen atoms in total. The Morgan fingerprint density at radius 2 is 1.46 bits per heavy atom. The highest BCUT2D eigenvalue weighted by Crippen LogP contribution is 2.68. The van der Waals surface area contributed by atoms with Gasteiger partial charge in [0, 0.05) is 37.8 Å². The maximum atomic E-state index is 2.54. The summed E-state index contributed by atoms with van der Waals surface area (Å²) in [4.78, 5) is 1.45. The first-order valence-electron chi connectivity index (χ1n) is 15.0. The molecule has 10 rings (SSSR count). The minimum atomic E-state index is 0.294. The zero-order valence-electron chi connectivity index (χ0n) is 22.8. The quantitative estimate of drug-likeness (QED) is 0.214. The molecule has 1 fully saturated rings. The number of benzene rings is 4. The Hall–Kier alpha value is -4.01. The van der Waals surface area contributed by atoms with Crippen molar-refractivity contribution in [3.8, 4) is 5.69 Å². The largest absolute Gasteiger partial charge is 0.309 e. The fourth-order valence-electron chi connectivity index (χ4n) is 8.65. The fraction of sp³-hybridized carbons (Fsp3) is 0.179. The lowest BCUT2D eigenvalue weighted by Gasteiger charge is -2.31. The molecule has 1 aromatic heterocycles. The molecule has 4 aromatic carbocycles. The second-order valence-electron chi connectivity index (χ2n) is 12.4. The van der Waals surface area contributed by atoms with Gasteiger partial charge in [0.15, 0.2) is 0 Å². The molecule has 5 aliphatic rings. The summed E-state index contributed by atoms with van der Waals surface area (Å²) in [6.07, 6.45) is 15.9. The molecule has 196 valence electrons. The smallest absolute Gasteiger partial charge is 0.0541 e. The minimum Gasteiger partial charge on any atom is -0.309 e. The van der Waals surface area contributed by atoms with E-state index in [0.29, 0.717) is 22.5 Å². The molecule has 2 heteroatoms. The van der Waals surface area contributed by atoms with Crippen molar-refractivity contribution in [2.24, 2.45) is 5.92 Å². The van der Waals surface area contributed by atoms with E-state index in [-0.39, 0.29) is 0 Å². The molecule has 1 saturated carbocycles. The number of hydrogen-bond donors (Lipinski definition) is 0. The summed E-state index contributed by atoms with van der Waals surface area (Å²) < 4.78 is 2.54. The van der Waals surface area contributed by atoms with Crippen molar-refractivity contribution >= 4 is 39.1 Å². The van der Waals surface area contributed by atoms with Crippen LogP contribution in [0.4, 0.5) is 0 Å². The molecule has 0 saturated heterocycles. The van der Waals surface area contributed by atoms with E-state index in [2.05, 4.69) is 126 Å². The third-order valence-electron chi connectivity index (χ3n) is 10.5. The Bertz CT molecular complexity index is 2020. The third-order valence-corrected chi connectivity index (χ3v) is 11.9. The molecule has 0 bridgehead atoms. The summed E-state index contributed by atoms with van der Waals surface area (Å²) in [5, 5.41) is 3.17. The molecule has 2 heterocycles. The standard InChI is InChI=1S/C39H29NS/c1-4-14-32-26(9-1)27-10-2-5-15-33(27)40(32)34-16-8-13-30-38(34)28-20-19-24(23-31(28)39(30)21-22-39)25-12-7-18-36-37(25)29-11-3-6-17-35(29)41-36/h1-20,31,36-37H,21-23H2. The van der Waals surface area contributed by atoms with Gasteiger partial charge in [-0.25, -0.2) is 0 Å². The number of thioether (sulfide) groups is 1. The Morgan fingerprint density at radius 3 is 2.27 bits per heavy atom. The van der Waals surface area contributed by atoms with Gasteiger partial charge < -0.3 is 4.57 Å². The first-order valence-corrected chi connectivity index (χ1v) is 15.9. The zero-order chi connectivity index (χ0) is 26.7. The monoisotopic (exact) mass is 543 g/mol. The lowest BCUT2D eigenvalue weighted by Crippen LogP contribution is -2.21. The van der Waals surface area contributed by atoms with Gasteiger partial charge in [0.1, 0.15) is 0 Å². The SMILES string of the molecule is C1=CC2Sc3ccccc3C2C(C2=CC=C3c4c(-n5c6ccccc6c6ccccc65)cccc4C4(CC4)C3C2)=C1. The molecule has 41 heavy (non-hydrogen) atoms. The Kier molecular flexibility index (Phi) is 4.45. The Labute approximate surface area is 244 Å². The highest BCUT2D eigenvalue weighted by molar-refractivity contribution is 8.00. The van der Waals surface area contributed by atoms with Crippen molar-refractivity contribution in [1.29, 1.82) is 0 Å². The van der Waals surface area contributed by atoms with Crippen LogP contribution in [-0.2, 0) is 5.41 Å². The first kappa shape index (κ1) is 22.7. The summed E-state index contributed by atoms with van der Waals surface area (Å²) in [5.74, 6) is 1.02. The number of hydrogen-bond acceptors (Lipinski definition) is 1. The van der Waals surface area contributed by atoms with Crippen molar-refractivity contribution in [2.75, 3.05) is 0 Å². The van der Waals surface area contributed by atoms with Crippen LogP contribution in [0.5, 0.6) is 0 Å². The van der Waals surface area contributed by atoms with E-state index in [0.717, 1.165) is 6.42 Å². The van der Waals surface area contributed by atoms with Gasteiger partial charge in [-0.05, 0) is 77.3 Å². The second kappa shape index (κ2) is 8.05. The second-order valence-corrected chi connectivity index (χ2v) is 13.6. The lowest BCUT2D eigenvalue weighted by molar-refractivity contribution is 0.519. The van der Waals surface area contributed by atoms with Crippen LogP contribution in [0.15, 0.2) is 137 Å². The van der Waals surface area contributed by atoms with Gasteiger partial charge in [-0.2, -0.15) is 0 Å². The van der Waals surface area contributed by atoms with Crippen LogP contribution in [0, 0.1) is 5.92 Å². The third kappa shape index (κ3) is 2.94. The molecule has 4 aliphatic carbocycles. The summed E-state index contributed by atoms with van der Waals surface area (Å²) in [5.41, 5.74) is 13.5. The van der Waals surface area contributed by atoms with Gasteiger partial charge >= 0.3 is 0 Å². The van der Waals surface area contributed by atoms with E-state index in [1.165, 1.54) is 56.4 Å². The van der Waals surface area contributed by atoms with Crippen LogP contribution in [0.25, 0.3) is 33.1 Å². The van der Waals surface area contributed by atoms with Gasteiger partial charge in [0.2, 0.25) is 0 Å². The van der Waals surface area contributed by atoms with Crippen LogP contribution in [-0.4, -0.2) is 9.82 Å². The number of rotatable bonds is 2. The molecule has 1 spiro atoms. The van der Waals surface area contributed by atoms with Crippen LogP contribution < -0.4 is 0 Å². The topological polar surface area (TPSA) is 4.93 Å². The van der Waals surface area contributed by atoms with Gasteiger partial charge in [0.05, 0.1) is 16.7 Å². The van der Waals surface area contributed by atoms with Crippen LogP contribution in [0.3, 0.4) is 0 Å². The van der Waals surface area contributed by atoms with E-state index in [1.807, 2.05) is 11.8 Å². The Balaban J connectivity index is 1.16. The summed E-state index contributed by atoms with van der Waals surface area (Å²) in [7, 11) is 0. The van der Waals surface area contributed by atoms with E-state index in [9.17, 15) is 0 Å². The van der Waals surface area contributed by atoms with Crippen LogP contribution in [0.2, 0.25) is 0 Å². The number of allylic oxidation sites excluding steroid dienone is 7. The molecule has 0 N–H and O–H groups in total. The number of para-hydroxylation sites is 2. The molecular weight excluding hydrogens is 515 g/mol. The summed E-state index contributed by atoms with van der Waals surface area (Å²) >= 11 is 2.04. The van der Waals surface area contributed by atoms with E-state index < -0.39 is 0 Å². The maximum Gasteiger partial charge on any atom is 0.0541 e. The Morgan fingerprint density at radius 1 is 0.707 bits per heavy atom. The van der Waals surface area contributed by atoms with Gasteiger partial charge in [-0.3, -0.25) is 0 Å². The molecule has 3 atom stereocenters. The van der Waals surface area contributed by atoms with Gasteiger partial charge in [0.25, 0.3) is 0 Å². The highest BCUT2D eigenvalue weighted by atomic mass is 32.2. The fourth-order valence-corrected chi connectivity index (χ4v) is 10.0. The van der Waals surface area contributed by atoms with Crippen LogP contribution in [0.1, 0.15) is 41.9 Å². The van der Waals surface area contributed by atoms with Crippen LogP contribution >= 0.6 is 11.8 Å². The van der Waals surface area contributed by atoms with Crippen molar-refractivity contribution in [3.05, 3.63) is 149 Å². The molecular formula is C39H29NS. The number of aromatic nitrogens is 1. The molecule has 0 radical (unpaired) electrons. The average molecular weight is 544 g/mol. The predicted octanol–water partition coefficient (Wildman–Crippen LogP) is 9.91. The van der Waals surface area contributed by atoms with Crippen molar-refractivity contribution in [3.63, 3.8) is 0 Å². The minimum absolute atomic E-state index is 0.294. The maximum absolute atomic E-state index is 2.54. The average Bonchev–Trinajstić information content (AvgIpc) is 3.54.